The van der Waals surface area contributed by atoms with Crippen LogP contribution in [-0.4, -0.2) is 54.3 Å². The van der Waals surface area contributed by atoms with Gasteiger partial charge >= 0.3 is 0 Å². The Kier molecular flexibility index (Phi) is 11.9. The van der Waals surface area contributed by atoms with Crippen molar-refractivity contribution in [1.82, 2.24) is 15.4 Å². The highest BCUT2D eigenvalue weighted by molar-refractivity contribution is 14.0. The lowest BCUT2D eigenvalue weighted by Gasteiger charge is -2.30. The molecule has 0 amide bonds. The minimum Gasteiger partial charge on any atom is -0.382 e. The molecule has 0 saturated heterocycles. The van der Waals surface area contributed by atoms with Gasteiger partial charge in [0.2, 0.25) is 10.0 Å². The van der Waals surface area contributed by atoms with E-state index in [1.54, 1.807) is 24.6 Å². The number of ether oxygens (including phenoxy) is 1. The molecule has 1 aromatic rings. The largest absolute Gasteiger partial charge is 0.382 e. The zero-order chi connectivity index (χ0) is 19.6. The van der Waals surface area contributed by atoms with E-state index in [-0.39, 0.29) is 29.4 Å². The van der Waals surface area contributed by atoms with E-state index in [0.29, 0.717) is 23.3 Å². The zero-order valence-electron chi connectivity index (χ0n) is 16.7. The van der Waals surface area contributed by atoms with Crippen LogP contribution in [0.15, 0.2) is 26.7 Å². The molecule has 0 spiro atoms. The molecule has 1 saturated carbocycles. The number of halogens is 1. The Morgan fingerprint density at radius 3 is 2.64 bits per heavy atom. The Bertz CT molecular complexity index is 675. The van der Waals surface area contributed by atoms with Gasteiger partial charge in [-0.2, -0.15) is 0 Å². The van der Waals surface area contributed by atoms with Gasteiger partial charge in [0.1, 0.15) is 4.21 Å². The fourth-order valence-corrected chi connectivity index (χ4v) is 5.49. The molecule has 1 aliphatic rings. The summed E-state index contributed by atoms with van der Waals surface area (Å²) in [5.41, 5.74) is 0.271. The van der Waals surface area contributed by atoms with Gasteiger partial charge < -0.3 is 15.4 Å². The summed E-state index contributed by atoms with van der Waals surface area (Å²) in [5, 5.41) is 8.35. The van der Waals surface area contributed by atoms with Crippen molar-refractivity contribution in [2.75, 3.05) is 39.9 Å². The summed E-state index contributed by atoms with van der Waals surface area (Å²) in [5.74, 6) is 0.702. The molecule has 0 radical (unpaired) electrons. The average Bonchev–Trinajstić information content (AvgIpc) is 3.34. The molecule has 1 fully saturated rings. The van der Waals surface area contributed by atoms with E-state index in [1.165, 1.54) is 37.0 Å². The second-order valence-corrected chi connectivity index (χ2v) is 9.78. The Balaban J connectivity index is 0.00000392. The first kappa shape index (κ1) is 25.6. The minimum absolute atomic E-state index is 0. The first-order valence-corrected chi connectivity index (χ1v) is 11.9. The SMILES string of the molecule is CCOCCC1(CNC(=NC)NCCNS(=O)(=O)c2cccs2)CCCC1.I. The molecular weight excluding hydrogens is 511 g/mol. The van der Waals surface area contributed by atoms with Crippen LogP contribution in [0, 0.1) is 5.41 Å². The van der Waals surface area contributed by atoms with Crippen LogP contribution in [0.25, 0.3) is 0 Å². The van der Waals surface area contributed by atoms with Crippen molar-refractivity contribution in [2.45, 2.75) is 43.2 Å². The lowest BCUT2D eigenvalue weighted by Crippen LogP contribution is -2.45. The van der Waals surface area contributed by atoms with Crippen LogP contribution in [0.3, 0.4) is 0 Å². The highest BCUT2D eigenvalue weighted by Gasteiger charge is 2.33. The molecule has 0 aliphatic heterocycles. The van der Waals surface area contributed by atoms with Gasteiger partial charge in [0, 0.05) is 39.9 Å². The zero-order valence-corrected chi connectivity index (χ0v) is 20.7. The second kappa shape index (κ2) is 13.0. The number of nitrogens with zero attached hydrogens (tertiary/aromatic N) is 1. The van der Waals surface area contributed by atoms with Crippen molar-refractivity contribution in [2.24, 2.45) is 10.4 Å². The lowest BCUT2D eigenvalue weighted by atomic mass is 9.83. The summed E-state index contributed by atoms with van der Waals surface area (Å²) in [6.45, 7) is 5.22. The van der Waals surface area contributed by atoms with E-state index in [2.05, 4.69) is 20.3 Å². The molecule has 7 nitrogen and oxygen atoms in total. The quantitative estimate of drug-likeness (QED) is 0.173. The lowest BCUT2D eigenvalue weighted by molar-refractivity contribution is 0.105. The number of rotatable bonds is 11. The van der Waals surface area contributed by atoms with E-state index in [9.17, 15) is 8.42 Å². The fourth-order valence-electron chi connectivity index (χ4n) is 3.42. The summed E-state index contributed by atoms with van der Waals surface area (Å²) in [6.07, 6.45) is 6.02. The van der Waals surface area contributed by atoms with Gasteiger partial charge in [0.05, 0.1) is 0 Å². The first-order chi connectivity index (χ1) is 13.0. The van der Waals surface area contributed by atoms with Gasteiger partial charge in [-0.15, -0.1) is 35.3 Å². The molecule has 3 N–H and O–H groups in total. The number of nitrogens with one attached hydrogen (secondary N) is 3. The van der Waals surface area contributed by atoms with Crippen molar-refractivity contribution in [3.8, 4) is 0 Å². The predicted octanol–water partition coefficient (Wildman–Crippen LogP) is 2.80. The monoisotopic (exact) mass is 544 g/mol. The van der Waals surface area contributed by atoms with E-state index >= 15 is 0 Å². The van der Waals surface area contributed by atoms with Gasteiger partial charge in [-0.25, -0.2) is 13.1 Å². The van der Waals surface area contributed by atoms with Crippen molar-refractivity contribution in [1.29, 1.82) is 0 Å². The topological polar surface area (TPSA) is 91.8 Å². The van der Waals surface area contributed by atoms with E-state index in [4.69, 9.17) is 4.74 Å². The molecule has 28 heavy (non-hydrogen) atoms. The van der Waals surface area contributed by atoms with Crippen LogP contribution in [0.4, 0.5) is 0 Å². The fraction of sp³-hybridized carbons (Fsp3) is 0.722. The molecule has 0 aromatic carbocycles. The summed E-state index contributed by atoms with van der Waals surface area (Å²) in [7, 11) is -1.69. The molecule has 10 heteroatoms. The Morgan fingerprint density at radius 1 is 1.29 bits per heavy atom. The van der Waals surface area contributed by atoms with E-state index in [1.807, 2.05) is 6.92 Å². The summed E-state index contributed by atoms with van der Waals surface area (Å²) in [4.78, 5) is 4.25. The van der Waals surface area contributed by atoms with Crippen LogP contribution in [0.1, 0.15) is 39.0 Å². The van der Waals surface area contributed by atoms with Gasteiger partial charge in [0.15, 0.2) is 5.96 Å². The summed E-state index contributed by atoms with van der Waals surface area (Å²) < 4.78 is 32.7. The van der Waals surface area contributed by atoms with Gasteiger partial charge in [-0.3, -0.25) is 4.99 Å². The number of hydrogen-bond donors (Lipinski definition) is 3. The molecule has 162 valence electrons. The number of hydrogen-bond acceptors (Lipinski definition) is 5. The maximum atomic E-state index is 12.1. The highest BCUT2D eigenvalue weighted by Crippen LogP contribution is 2.40. The minimum atomic E-state index is -3.42. The molecule has 0 unspecified atom stereocenters. The molecule has 0 atom stereocenters. The van der Waals surface area contributed by atoms with Crippen LogP contribution >= 0.6 is 35.3 Å². The predicted molar refractivity (Wildman–Crippen MR) is 126 cm³/mol. The van der Waals surface area contributed by atoms with Crippen LogP contribution in [0.2, 0.25) is 0 Å². The first-order valence-electron chi connectivity index (χ1n) is 9.57. The molecule has 2 rings (SSSR count). The number of sulfonamides is 1. The second-order valence-electron chi connectivity index (χ2n) is 6.84. The van der Waals surface area contributed by atoms with Crippen molar-refractivity contribution in [3.63, 3.8) is 0 Å². The van der Waals surface area contributed by atoms with E-state index in [0.717, 1.165) is 26.2 Å². The average molecular weight is 545 g/mol. The summed E-state index contributed by atoms with van der Waals surface area (Å²) in [6, 6.07) is 3.33. The standard InChI is InChI=1S/C18H32N4O3S2.HI/c1-3-25-13-10-18(8-4-5-9-18)15-21-17(19-2)20-11-12-22-27(23,24)16-7-6-14-26-16;/h6-7,14,22H,3-5,8-13,15H2,1-2H3,(H2,19,20,21);1H. The van der Waals surface area contributed by atoms with Crippen molar-refractivity contribution < 1.29 is 13.2 Å². The number of aliphatic imine (C=N–C) groups is 1. The Morgan fingerprint density at radius 2 is 2.04 bits per heavy atom. The van der Waals surface area contributed by atoms with Crippen LogP contribution in [0.5, 0.6) is 0 Å². The number of thiophene rings is 1. The molecule has 1 aliphatic carbocycles. The summed E-state index contributed by atoms with van der Waals surface area (Å²) >= 11 is 1.21. The molecule has 0 bridgehead atoms. The highest BCUT2D eigenvalue weighted by atomic mass is 127. The normalized spacial score (nSPS) is 16.6. The smallest absolute Gasteiger partial charge is 0.250 e. The van der Waals surface area contributed by atoms with Gasteiger partial charge in [-0.05, 0) is 43.0 Å². The van der Waals surface area contributed by atoms with Gasteiger partial charge in [-0.1, -0.05) is 18.9 Å². The molecule has 1 heterocycles. The Labute approximate surface area is 190 Å². The Hall–Kier alpha value is -0.430. The maximum Gasteiger partial charge on any atom is 0.250 e. The third-order valence-electron chi connectivity index (χ3n) is 4.97. The molecular formula is C18H33IN4O3S2. The van der Waals surface area contributed by atoms with Crippen molar-refractivity contribution >= 4 is 51.3 Å². The van der Waals surface area contributed by atoms with E-state index < -0.39 is 10.0 Å². The third kappa shape index (κ3) is 8.13. The van der Waals surface area contributed by atoms with Crippen molar-refractivity contribution in [3.05, 3.63) is 17.5 Å². The molecule has 1 aromatic heterocycles. The van der Waals surface area contributed by atoms with Crippen LogP contribution < -0.4 is 15.4 Å². The third-order valence-corrected chi connectivity index (χ3v) is 7.83. The van der Waals surface area contributed by atoms with Gasteiger partial charge in [0.25, 0.3) is 0 Å². The van der Waals surface area contributed by atoms with Crippen LogP contribution in [-0.2, 0) is 14.8 Å². The maximum absolute atomic E-state index is 12.1. The number of guanidine groups is 1.